The van der Waals surface area contributed by atoms with Crippen LogP contribution in [-0.4, -0.2) is 56.7 Å². The van der Waals surface area contributed by atoms with Gasteiger partial charge >= 0.3 is 6.18 Å². The number of nitro benzene ring substituents is 1. The van der Waals surface area contributed by atoms with Crippen molar-refractivity contribution in [2.45, 2.75) is 25.9 Å². The monoisotopic (exact) mass is 488 g/mol. The number of non-ortho nitro benzene ring substituents is 1. The SMILES string of the molecule is CC(C)c1c(C(=O)N2CCN(c3ccc([N+](=O)[O-])cc3)CC2)cnn1-c1ccc(C(F)(F)F)cn1. The first-order valence-electron chi connectivity index (χ1n) is 11.0. The van der Waals surface area contributed by atoms with Gasteiger partial charge in [0.15, 0.2) is 5.82 Å². The van der Waals surface area contributed by atoms with Crippen LogP contribution in [0.2, 0.25) is 0 Å². The molecular weight excluding hydrogens is 465 g/mol. The molecule has 0 atom stereocenters. The number of nitro groups is 1. The summed E-state index contributed by atoms with van der Waals surface area (Å²) in [6, 6.07) is 8.45. The van der Waals surface area contributed by atoms with Crippen molar-refractivity contribution < 1.29 is 22.9 Å². The van der Waals surface area contributed by atoms with E-state index in [1.165, 1.54) is 29.1 Å². The van der Waals surface area contributed by atoms with Crippen molar-refractivity contribution in [3.63, 3.8) is 0 Å². The highest BCUT2D eigenvalue weighted by Gasteiger charge is 2.31. The van der Waals surface area contributed by atoms with Gasteiger partial charge in [-0.2, -0.15) is 18.3 Å². The van der Waals surface area contributed by atoms with Gasteiger partial charge in [0.25, 0.3) is 11.6 Å². The van der Waals surface area contributed by atoms with Crippen molar-refractivity contribution in [2.24, 2.45) is 0 Å². The summed E-state index contributed by atoms with van der Waals surface area (Å²) in [7, 11) is 0. The van der Waals surface area contributed by atoms with Crippen LogP contribution in [0.1, 0.15) is 41.4 Å². The van der Waals surface area contributed by atoms with Gasteiger partial charge in [-0.15, -0.1) is 0 Å². The highest BCUT2D eigenvalue weighted by molar-refractivity contribution is 5.95. The van der Waals surface area contributed by atoms with Crippen LogP contribution in [0.25, 0.3) is 5.82 Å². The lowest BCUT2D eigenvalue weighted by Crippen LogP contribution is -2.49. The second kappa shape index (κ2) is 9.35. The fraction of sp³-hybridized carbons (Fsp3) is 0.348. The number of nitrogens with zero attached hydrogens (tertiary/aromatic N) is 6. The summed E-state index contributed by atoms with van der Waals surface area (Å²) in [5, 5.41) is 15.1. The van der Waals surface area contributed by atoms with E-state index in [0.717, 1.165) is 18.0 Å². The van der Waals surface area contributed by atoms with Crippen LogP contribution in [0, 0.1) is 10.1 Å². The average Bonchev–Trinajstić information content (AvgIpc) is 3.29. The van der Waals surface area contributed by atoms with Crippen LogP contribution in [0.3, 0.4) is 0 Å². The number of rotatable bonds is 5. The van der Waals surface area contributed by atoms with E-state index >= 15 is 0 Å². The summed E-state index contributed by atoms with van der Waals surface area (Å²) in [5.41, 5.74) is 0.947. The van der Waals surface area contributed by atoms with Crippen LogP contribution >= 0.6 is 0 Å². The molecule has 1 aliphatic rings. The summed E-state index contributed by atoms with van der Waals surface area (Å²) < 4.78 is 40.1. The number of benzene rings is 1. The number of alkyl halides is 3. The molecule has 3 heterocycles. The Kier molecular flexibility index (Phi) is 6.46. The van der Waals surface area contributed by atoms with E-state index in [2.05, 4.69) is 10.1 Å². The maximum Gasteiger partial charge on any atom is 0.417 e. The van der Waals surface area contributed by atoms with Crippen molar-refractivity contribution in [3.8, 4) is 5.82 Å². The van der Waals surface area contributed by atoms with Crippen LogP contribution < -0.4 is 4.90 Å². The number of amides is 1. The predicted octanol–water partition coefficient (Wildman–Crippen LogP) is 4.28. The summed E-state index contributed by atoms with van der Waals surface area (Å²) in [6.07, 6.45) is -2.31. The van der Waals surface area contributed by atoms with Crippen molar-refractivity contribution in [1.29, 1.82) is 0 Å². The van der Waals surface area contributed by atoms with Crippen molar-refractivity contribution in [3.05, 3.63) is 75.7 Å². The standard InChI is InChI=1S/C23H23F3N6O3/c1-15(2)21-19(14-28-31(21)20-8-3-16(13-27-20)23(24,25)26)22(33)30-11-9-29(10-12-30)17-4-6-18(7-5-17)32(34)35/h3-8,13-15H,9-12H2,1-2H3. The second-order valence-electron chi connectivity index (χ2n) is 8.47. The lowest BCUT2D eigenvalue weighted by atomic mass is 10.0. The van der Waals surface area contributed by atoms with Gasteiger partial charge in [-0.1, -0.05) is 13.8 Å². The first-order chi connectivity index (χ1) is 16.6. The molecule has 35 heavy (non-hydrogen) atoms. The maximum absolute atomic E-state index is 13.3. The van der Waals surface area contributed by atoms with Crippen molar-refractivity contribution in [1.82, 2.24) is 19.7 Å². The molecule has 0 unspecified atom stereocenters. The van der Waals surface area contributed by atoms with Gasteiger partial charge < -0.3 is 9.80 Å². The number of hydrogen-bond donors (Lipinski definition) is 0. The molecule has 0 N–H and O–H groups in total. The first-order valence-corrected chi connectivity index (χ1v) is 11.0. The van der Waals surface area contributed by atoms with E-state index in [1.807, 2.05) is 18.7 Å². The van der Waals surface area contributed by atoms with Gasteiger partial charge in [-0.25, -0.2) is 9.67 Å². The zero-order chi connectivity index (χ0) is 25.3. The lowest BCUT2D eigenvalue weighted by Gasteiger charge is -2.36. The van der Waals surface area contributed by atoms with E-state index in [0.29, 0.717) is 37.4 Å². The average molecular weight is 488 g/mol. The molecule has 2 aromatic heterocycles. The molecule has 12 heteroatoms. The van der Waals surface area contributed by atoms with Crippen LogP contribution in [-0.2, 0) is 6.18 Å². The van der Waals surface area contributed by atoms with Crippen LogP contribution in [0.15, 0.2) is 48.8 Å². The molecule has 1 aliphatic heterocycles. The Balaban J connectivity index is 1.50. The third-order valence-corrected chi connectivity index (χ3v) is 5.87. The van der Waals surface area contributed by atoms with Gasteiger partial charge in [0.1, 0.15) is 0 Å². The number of anilines is 1. The van der Waals surface area contributed by atoms with Gasteiger partial charge in [0, 0.05) is 50.2 Å². The minimum atomic E-state index is -4.49. The molecule has 184 valence electrons. The lowest BCUT2D eigenvalue weighted by molar-refractivity contribution is -0.384. The van der Waals surface area contributed by atoms with Crippen molar-refractivity contribution >= 4 is 17.3 Å². The fourth-order valence-electron chi connectivity index (χ4n) is 4.06. The molecule has 1 saturated heterocycles. The summed E-state index contributed by atoms with van der Waals surface area (Å²) in [5.74, 6) is -0.152. The smallest absolute Gasteiger partial charge is 0.368 e. The van der Waals surface area contributed by atoms with Crippen LogP contribution in [0.4, 0.5) is 24.5 Å². The molecule has 1 fully saturated rings. The van der Waals surface area contributed by atoms with Crippen LogP contribution in [0.5, 0.6) is 0 Å². The predicted molar refractivity (Wildman–Crippen MR) is 122 cm³/mol. The van der Waals surface area contributed by atoms with Gasteiger partial charge in [0.2, 0.25) is 0 Å². The maximum atomic E-state index is 13.3. The van der Waals surface area contributed by atoms with Gasteiger partial charge in [-0.3, -0.25) is 14.9 Å². The van der Waals surface area contributed by atoms with Gasteiger partial charge in [-0.05, 0) is 30.2 Å². The molecule has 4 rings (SSSR count). The summed E-state index contributed by atoms with van der Waals surface area (Å²) in [4.78, 5) is 31.4. The van der Waals surface area contributed by atoms with E-state index in [1.54, 1.807) is 17.0 Å². The summed E-state index contributed by atoms with van der Waals surface area (Å²) >= 11 is 0. The van der Waals surface area contributed by atoms with E-state index in [9.17, 15) is 28.1 Å². The summed E-state index contributed by atoms with van der Waals surface area (Å²) in [6.45, 7) is 5.74. The Morgan fingerprint density at radius 2 is 1.69 bits per heavy atom. The Morgan fingerprint density at radius 1 is 1.03 bits per heavy atom. The van der Waals surface area contributed by atoms with Gasteiger partial charge in [0.05, 0.1) is 27.9 Å². The molecule has 0 saturated carbocycles. The second-order valence-corrected chi connectivity index (χ2v) is 8.47. The molecule has 0 bridgehead atoms. The Labute approximate surface area is 198 Å². The zero-order valence-corrected chi connectivity index (χ0v) is 19.1. The minimum Gasteiger partial charge on any atom is -0.368 e. The molecule has 3 aromatic rings. The molecular formula is C23H23F3N6O3. The van der Waals surface area contributed by atoms with E-state index in [4.69, 9.17) is 0 Å². The largest absolute Gasteiger partial charge is 0.417 e. The zero-order valence-electron chi connectivity index (χ0n) is 19.1. The number of hydrogen-bond acceptors (Lipinski definition) is 6. The quantitative estimate of drug-likeness (QED) is 0.393. The normalized spacial score (nSPS) is 14.5. The number of piperazine rings is 1. The number of carbonyl (C=O) groups is 1. The Morgan fingerprint density at radius 3 is 2.20 bits per heavy atom. The number of aromatic nitrogens is 3. The molecule has 1 amide bonds. The molecule has 0 aliphatic carbocycles. The number of carbonyl (C=O) groups excluding carboxylic acids is 1. The van der Waals surface area contributed by atoms with E-state index in [-0.39, 0.29) is 23.3 Å². The highest BCUT2D eigenvalue weighted by Crippen LogP contribution is 2.30. The topological polar surface area (TPSA) is 97.4 Å². The number of halogens is 3. The molecule has 0 radical (unpaired) electrons. The third kappa shape index (κ3) is 4.96. The van der Waals surface area contributed by atoms with E-state index < -0.39 is 16.7 Å². The molecule has 9 nitrogen and oxygen atoms in total. The minimum absolute atomic E-state index is 0.0170. The number of pyridine rings is 1. The molecule has 1 aromatic carbocycles. The Bertz CT molecular complexity index is 1210. The highest BCUT2D eigenvalue weighted by atomic mass is 19.4. The Hall–Kier alpha value is -3.96. The molecule has 0 spiro atoms. The first kappa shape index (κ1) is 24.2. The van der Waals surface area contributed by atoms with Crippen molar-refractivity contribution in [2.75, 3.05) is 31.1 Å². The third-order valence-electron chi connectivity index (χ3n) is 5.87. The fourth-order valence-corrected chi connectivity index (χ4v) is 4.06.